The van der Waals surface area contributed by atoms with Gasteiger partial charge in [0.05, 0.1) is 6.54 Å². The third kappa shape index (κ3) is 4.06. The zero-order chi connectivity index (χ0) is 15.4. The van der Waals surface area contributed by atoms with Gasteiger partial charge in [0.2, 0.25) is 5.91 Å². The maximum Gasteiger partial charge on any atom is 0.238 e. The van der Waals surface area contributed by atoms with Crippen molar-refractivity contribution in [2.24, 2.45) is 0 Å². The molecule has 1 unspecified atom stereocenters. The van der Waals surface area contributed by atoms with Gasteiger partial charge in [0.1, 0.15) is 0 Å². The Bertz CT molecular complexity index is 610. The molecule has 5 heteroatoms. The predicted molar refractivity (Wildman–Crippen MR) is 89.6 cm³/mol. The van der Waals surface area contributed by atoms with Crippen LogP contribution in [0.4, 0.5) is 11.4 Å². The Morgan fingerprint density at radius 2 is 2.19 bits per heavy atom. The summed E-state index contributed by atoms with van der Waals surface area (Å²) in [7, 11) is 1.96. The number of anilines is 2. The Kier molecular flexibility index (Phi) is 4.98. The van der Waals surface area contributed by atoms with Crippen LogP contribution in [0.5, 0.6) is 0 Å². The molecule has 1 aromatic heterocycles. The number of thiophene rings is 1. The predicted octanol–water partition coefficient (Wildman–Crippen LogP) is 3.27. The molecule has 21 heavy (non-hydrogen) atoms. The first-order chi connectivity index (χ1) is 9.97. The lowest BCUT2D eigenvalue weighted by atomic mass is 10.2. The van der Waals surface area contributed by atoms with Gasteiger partial charge in [0.15, 0.2) is 0 Å². The van der Waals surface area contributed by atoms with Gasteiger partial charge >= 0.3 is 0 Å². The smallest absolute Gasteiger partial charge is 0.238 e. The molecular weight excluding hydrogens is 282 g/mol. The van der Waals surface area contributed by atoms with Crippen molar-refractivity contribution in [2.75, 3.05) is 24.6 Å². The number of benzene rings is 1. The molecule has 0 aliphatic rings. The highest BCUT2D eigenvalue weighted by molar-refractivity contribution is 7.10. The van der Waals surface area contributed by atoms with Crippen molar-refractivity contribution in [3.05, 3.63) is 46.2 Å². The van der Waals surface area contributed by atoms with Crippen LogP contribution in [0.2, 0.25) is 0 Å². The zero-order valence-corrected chi connectivity index (χ0v) is 13.4. The lowest BCUT2D eigenvalue weighted by molar-refractivity contribution is -0.117. The molecule has 0 saturated carbocycles. The molecule has 112 valence electrons. The fourth-order valence-electron chi connectivity index (χ4n) is 2.13. The molecule has 0 fully saturated rings. The number of aryl methyl sites for hydroxylation is 1. The minimum Gasteiger partial charge on any atom is -0.399 e. The second kappa shape index (κ2) is 6.74. The number of rotatable bonds is 5. The lowest BCUT2D eigenvalue weighted by Gasteiger charge is -2.23. The maximum absolute atomic E-state index is 12.2. The average molecular weight is 303 g/mol. The maximum atomic E-state index is 12.2. The molecule has 0 bridgehead atoms. The van der Waals surface area contributed by atoms with Crippen LogP contribution in [0, 0.1) is 6.92 Å². The number of nitrogens with two attached hydrogens (primary N) is 1. The largest absolute Gasteiger partial charge is 0.399 e. The van der Waals surface area contributed by atoms with Gasteiger partial charge in [0, 0.05) is 22.3 Å². The van der Waals surface area contributed by atoms with E-state index in [4.69, 9.17) is 5.73 Å². The molecular formula is C16H21N3OS. The molecule has 4 nitrogen and oxygen atoms in total. The van der Waals surface area contributed by atoms with Crippen molar-refractivity contribution in [3.63, 3.8) is 0 Å². The third-order valence-corrected chi connectivity index (χ3v) is 4.58. The second-order valence-corrected chi connectivity index (χ2v) is 6.21. The van der Waals surface area contributed by atoms with E-state index in [1.807, 2.05) is 37.1 Å². The van der Waals surface area contributed by atoms with Crippen LogP contribution in [0.25, 0.3) is 0 Å². The van der Waals surface area contributed by atoms with Gasteiger partial charge in [-0.3, -0.25) is 9.69 Å². The molecule has 0 saturated heterocycles. The number of carbonyl (C=O) groups is 1. The number of amides is 1. The normalized spacial score (nSPS) is 12.4. The van der Waals surface area contributed by atoms with E-state index in [2.05, 4.69) is 23.7 Å². The van der Waals surface area contributed by atoms with Crippen LogP contribution < -0.4 is 11.1 Å². The molecule has 2 rings (SSSR count). The number of hydrogen-bond donors (Lipinski definition) is 2. The Morgan fingerprint density at radius 1 is 1.43 bits per heavy atom. The number of hydrogen-bond acceptors (Lipinski definition) is 4. The van der Waals surface area contributed by atoms with E-state index in [-0.39, 0.29) is 11.9 Å². The number of likely N-dealkylation sites (N-methyl/N-ethyl adjacent to an activating group) is 1. The van der Waals surface area contributed by atoms with E-state index in [1.165, 1.54) is 4.88 Å². The molecule has 0 radical (unpaired) electrons. The summed E-state index contributed by atoms with van der Waals surface area (Å²) < 4.78 is 0. The highest BCUT2D eigenvalue weighted by Gasteiger charge is 2.16. The number of nitrogens with zero attached hydrogens (tertiary/aromatic N) is 1. The van der Waals surface area contributed by atoms with Crippen LogP contribution in [-0.4, -0.2) is 24.4 Å². The van der Waals surface area contributed by atoms with Gasteiger partial charge in [-0.05, 0) is 56.1 Å². The monoisotopic (exact) mass is 303 g/mol. The fraction of sp³-hybridized carbons (Fsp3) is 0.312. The van der Waals surface area contributed by atoms with Crippen molar-refractivity contribution in [2.45, 2.75) is 19.9 Å². The Labute approximate surface area is 129 Å². The number of nitrogen functional groups attached to an aromatic ring is 1. The number of carbonyl (C=O) groups excluding carboxylic acids is 1. The summed E-state index contributed by atoms with van der Waals surface area (Å²) in [4.78, 5) is 15.4. The third-order valence-electron chi connectivity index (χ3n) is 3.53. The molecule has 0 aliphatic heterocycles. The number of nitrogens with one attached hydrogen (secondary N) is 1. The van der Waals surface area contributed by atoms with E-state index in [9.17, 15) is 4.79 Å². The SMILES string of the molecule is Cc1cc(N)ccc1NC(=O)CN(C)C(C)c1cccs1. The average Bonchev–Trinajstić information content (AvgIpc) is 2.95. The van der Waals surface area contributed by atoms with E-state index >= 15 is 0 Å². The van der Waals surface area contributed by atoms with Gasteiger partial charge < -0.3 is 11.1 Å². The molecule has 1 atom stereocenters. The van der Waals surface area contributed by atoms with E-state index in [0.717, 1.165) is 11.3 Å². The molecule has 1 aromatic carbocycles. The van der Waals surface area contributed by atoms with Crippen LogP contribution >= 0.6 is 11.3 Å². The summed E-state index contributed by atoms with van der Waals surface area (Å²) in [5.41, 5.74) is 8.20. The standard InChI is InChI=1S/C16H21N3OS/c1-11-9-13(17)6-7-14(11)18-16(20)10-19(3)12(2)15-5-4-8-21-15/h4-9,12H,10,17H2,1-3H3,(H,18,20). The Hall–Kier alpha value is -1.85. The molecule has 2 aromatic rings. The van der Waals surface area contributed by atoms with E-state index in [0.29, 0.717) is 12.2 Å². The molecule has 0 aliphatic carbocycles. The van der Waals surface area contributed by atoms with Gasteiger partial charge in [0.25, 0.3) is 0 Å². The summed E-state index contributed by atoms with van der Waals surface area (Å²) >= 11 is 1.71. The summed E-state index contributed by atoms with van der Waals surface area (Å²) in [6, 6.07) is 9.83. The minimum atomic E-state index is -0.0197. The van der Waals surface area contributed by atoms with Crippen LogP contribution in [0.15, 0.2) is 35.7 Å². The van der Waals surface area contributed by atoms with Crippen LogP contribution in [-0.2, 0) is 4.79 Å². The Morgan fingerprint density at radius 3 is 2.81 bits per heavy atom. The van der Waals surface area contributed by atoms with Gasteiger partial charge in [-0.15, -0.1) is 11.3 Å². The zero-order valence-electron chi connectivity index (χ0n) is 12.6. The topological polar surface area (TPSA) is 58.4 Å². The lowest BCUT2D eigenvalue weighted by Crippen LogP contribution is -2.32. The minimum absolute atomic E-state index is 0.0197. The van der Waals surface area contributed by atoms with Crippen LogP contribution in [0.3, 0.4) is 0 Å². The molecule has 1 heterocycles. The first kappa shape index (κ1) is 15.5. The van der Waals surface area contributed by atoms with Crippen molar-refractivity contribution in [1.82, 2.24) is 4.90 Å². The van der Waals surface area contributed by atoms with Crippen molar-refractivity contribution in [3.8, 4) is 0 Å². The quantitative estimate of drug-likeness (QED) is 0.833. The highest BCUT2D eigenvalue weighted by Crippen LogP contribution is 2.23. The van der Waals surface area contributed by atoms with Gasteiger partial charge in [-0.25, -0.2) is 0 Å². The van der Waals surface area contributed by atoms with Crippen molar-refractivity contribution < 1.29 is 4.79 Å². The fourth-order valence-corrected chi connectivity index (χ4v) is 2.97. The summed E-state index contributed by atoms with van der Waals surface area (Å²) in [6.07, 6.45) is 0. The Balaban J connectivity index is 1.95. The highest BCUT2D eigenvalue weighted by atomic mass is 32.1. The summed E-state index contributed by atoms with van der Waals surface area (Å²) in [5.74, 6) is -0.0197. The van der Waals surface area contributed by atoms with E-state index < -0.39 is 0 Å². The van der Waals surface area contributed by atoms with E-state index in [1.54, 1.807) is 17.4 Å². The summed E-state index contributed by atoms with van der Waals surface area (Å²) in [5, 5.41) is 4.99. The first-order valence-electron chi connectivity index (χ1n) is 6.87. The van der Waals surface area contributed by atoms with Crippen molar-refractivity contribution >= 4 is 28.6 Å². The van der Waals surface area contributed by atoms with Gasteiger partial charge in [-0.2, -0.15) is 0 Å². The molecule has 3 N–H and O–H groups in total. The molecule has 1 amide bonds. The summed E-state index contributed by atoms with van der Waals surface area (Å²) in [6.45, 7) is 4.39. The van der Waals surface area contributed by atoms with Gasteiger partial charge in [-0.1, -0.05) is 6.07 Å². The molecule has 0 spiro atoms. The van der Waals surface area contributed by atoms with Crippen molar-refractivity contribution in [1.29, 1.82) is 0 Å². The van der Waals surface area contributed by atoms with Crippen LogP contribution in [0.1, 0.15) is 23.4 Å². The second-order valence-electron chi connectivity index (χ2n) is 5.23. The first-order valence-corrected chi connectivity index (χ1v) is 7.75.